The highest BCUT2D eigenvalue weighted by Gasteiger charge is 2.13. The summed E-state index contributed by atoms with van der Waals surface area (Å²) in [7, 11) is 0. The summed E-state index contributed by atoms with van der Waals surface area (Å²) in [6, 6.07) is 14.3. The van der Waals surface area contributed by atoms with E-state index in [1.807, 2.05) is 6.07 Å². The molecule has 2 rings (SSSR count). The Bertz CT molecular complexity index is 847. The lowest BCUT2D eigenvalue weighted by molar-refractivity contribution is -0.118. The van der Waals surface area contributed by atoms with E-state index in [0.29, 0.717) is 16.8 Å². The summed E-state index contributed by atoms with van der Waals surface area (Å²) < 4.78 is 5.00. The zero-order valence-corrected chi connectivity index (χ0v) is 14.5. The van der Waals surface area contributed by atoms with Crippen LogP contribution in [-0.2, 0) is 9.53 Å². The first kappa shape index (κ1) is 18.9. The summed E-state index contributed by atoms with van der Waals surface area (Å²) in [4.78, 5) is 35.7. The van der Waals surface area contributed by atoms with Crippen molar-refractivity contribution in [3.05, 3.63) is 65.2 Å². The minimum atomic E-state index is -0.636. The second-order valence-corrected chi connectivity index (χ2v) is 5.91. The van der Waals surface area contributed by atoms with Crippen LogP contribution >= 0.6 is 0 Å². The first-order valence-electron chi connectivity index (χ1n) is 8.02. The van der Waals surface area contributed by atoms with Gasteiger partial charge in [-0.2, -0.15) is 5.26 Å². The van der Waals surface area contributed by atoms with Gasteiger partial charge in [0.25, 0.3) is 0 Å². The van der Waals surface area contributed by atoms with Crippen molar-refractivity contribution in [1.29, 1.82) is 5.26 Å². The standard InChI is InChI=1S/C20H18N2O4/c1-13(2)19(24)22-17-9-7-15(8-10-17)18(23)12-26-20(25)16-5-3-14(11-21)4-6-16/h3-10,13H,12H2,1-2H3,(H,22,24). The van der Waals surface area contributed by atoms with Crippen molar-refractivity contribution in [2.45, 2.75) is 13.8 Å². The minimum Gasteiger partial charge on any atom is -0.454 e. The van der Waals surface area contributed by atoms with E-state index < -0.39 is 12.6 Å². The number of nitrogens with zero attached hydrogens (tertiary/aromatic N) is 1. The summed E-state index contributed by atoms with van der Waals surface area (Å²) in [5, 5.41) is 11.5. The molecule has 0 aliphatic rings. The molecule has 1 amide bonds. The Labute approximate surface area is 151 Å². The topological polar surface area (TPSA) is 96.3 Å². The van der Waals surface area contributed by atoms with Crippen LogP contribution in [0.2, 0.25) is 0 Å². The smallest absolute Gasteiger partial charge is 0.338 e. The molecule has 0 saturated heterocycles. The zero-order valence-electron chi connectivity index (χ0n) is 14.5. The van der Waals surface area contributed by atoms with Gasteiger partial charge in [0.15, 0.2) is 12.4 Å². The summed E-state index contributed by atoms with van der Waals surface area (Å²) in [5.41, 5.74) is 1.67. The SMILES string of the molecule is CC(C)C(=O)Nc1ccc(C(=O)COC(=O)c2ccc(C#N)cc2)cc1. The molecule has 26 heavy (non-hydrogen) atoms. The number of ether oxygens (including phenoxy) is 1. The van der Waals surface area contributed by atoms with Gasteiger partial charge in [0.2, 0.25) is 5.91 Å². The summed E-state index contributed by atoms with van der Waals surface area (Å²) in [5.74, 6) is -1.24. The third-order valence-corrected chi connectivity index (χ3v) is 3.58. The molecule has 0 aliphatic carbocycles. The lowest BCUT2D eigenvalue weighted by atomic mass is 10.1. The minimum absolute atomic E-state index is 0.111. The molecule has 0 saturated carbocycles. The van der Waals surface area contributed by atoms with Crippen molar-refractivity contribution in [3.63, 3.8) is 0 Å². The molecule has 0 fully saturated rings. The van der Waals surface area contributed by atoms with Gasteiger partial charge >= 0.3 is 5.97 Å². The molecule has 6 nitrogen and oxygen atoms in total. The molecule has 0 aliphatic heterocycles. The van der Waals surface area contributed by atoms with E-state index in [1.165, 1.54) is 24.3 Å². The number of ketones is 1. The molecule has 6 heteroatoms. The first-order valence-corrected chi connectivity index (χ1v) is 8.02. The molecule has 0 unspecified atom stereocenters. The number of amides is 1. The van der Waals surface area contributed by atoms with E-state index in [2.05, 4.69) is 5.32 Å². The fourth-order valence-corrected chi connectivity index (χ4v) is 2.00. The predicted octanol–water partition coefficient (Wildman–Crippen LogP) is 3.19. The molecule has 0 atom stereocenters. The number of esters is 1. The Hall–Kier alpha value is -3.46. The first-order chi connectivity index (χ1) is 12.4. The second kappa shape index (κ2) is 8.58. The van der Waals surface area contributed by atoms with Crippen molar-refractivity contribution in [2.24, 2.45) is 5.92 Å². The quantitative estimate of drug-likeness (QED) is 0.637. The van der Waals surface area contributed by atoms with Gasteiger partial charge in [-0.3, -0.25) is 9.59 Å². The van der Waals surface area contributed by atoms with Gasteiger partial charge in [-0.15, -0.1) is 0 Å². The van der Waals surface area contributed by atoms with Crippen molar-refractivity contribution in [1.82, 2.24) is 0 Å². The Morgan fingerprint density at radius 2 is 1.58 bits per heavy atom. The number of benzene rings is 2. The zero-order chi connectivity index (χ0) is 19.1. The Kier molecular flexibility index (Phi) is 6.23. The molecule has 0 radical (unpaired) electrons. The van der Waals surface area contributed by atoms with Crippen LogP contribution in [0.5, 0.6) is 0 Å². The summed E-state index contributed by atoms with van der Waals surface area (Å²) >= 11 is 0. The fraction of sp³-hybridized carbons (Fsp3) is 0.200. The van der Waals surface area contributed by atoms with Crippen LogP contribution in [0.1, 0.15) is 40.1 Å². The predicted molar refractivity (Wildman–Crippen MR) is 95.7 cm³/mol. The number of anilines is 1. The maximum absolute atomic E-state index is 12.1. The van der Waals surface area contributed by atoms with Crippen molar-refractivity contribution in [3.8, 4) is 6.07 Å². The number of rotatable bonds is 6. The molecular weight excluding hydrogens is 332 g/mol. The van der Waals surface area contributed by atoms with E-state index in [9.17, 15) is 14.4 Å². The van der Waals surface area contributed by atoms with Crippen LogP contribution in [0, 0.1) is 17.2 Å². The van der Waals surface area contributed by atoms with Crippen molar-refractivity contribution < 1.29 is 19.1 Å². The molecule has 1 N–H and O–H groups in total. The monoisotopic (exact) mass is 350 g/mol. The number of carbonyl (C=O) groups excluding carboxylic acids is 3. The molecule has 0 aromatic heterocycles. The van der Waals surface area contributed by atoms with Gasteiger partial charge in [0, 0.05) is 17.2 Å². The number of nitriles is 1. The third-order valence-electron chi connectivity index (χ3n) is 3.58. The number of nitrogens with one attached hydrogen (secondary N) is 1. The molecule has 0 bridgehead atoms. The van der Waals surface area contributed by atoms with Crippen LogP contribution in [0.25, 0.3) is 0 Å². The Balaban J connectivity index is 1.91. The van der Waals surface area contributed by atoms with Gasteiger partial charge in [0.1, 0.15) is 0 Å². The molecule has 0 heterocycles. The van der Waals surface area contributed by atoms with E-state index in [0.717, 1.165) is 0 Å². The average Bonchev–Trinajstić information content (AvgIpc) is 2.66. The molecule has 132 valence electrons. The average molecular weight is 350 g/mol. The number of carbonyl (C=O) groups is 3. The fourth-order valence-electron chi connectivity index (χ4n) is 2.00. The van der Waals surface area contributed by atoms with Crippen LogP contribution in [0.3, 0.4) is 0 Å². The maximum Gasteiger partial charge on any atom is 0.338 e. The molecular formula is C20H18N2O4. The highest BCUT2D eigenvalue weighted by Crippen LogP contribution is 2.12. The summed E-state index contributed by atoms with van der Waals surface area (Å²) in [6.07, 6.45) is 0. The van der Waals surface area contributed by atoms with E-state index in [-0.39, 0.29) is 23.2 Å². The molecule has 2 aromatic rings. The van der Waals surface area contributed by atoms with Crippen LogP contribution < -0.4 is 5.32 Å². The normalized spacial score (nSPS) is 10.1. The lowest BCUT2D eigenvalue weighted by Crippen LogP contribution is -2.18. The third kappa shape index (κ3) is 5.02. The van der Waals surface area contributed by atoms with Crippen LogP contribution in [0.15, 0.2) is 48.5 Å². The van der Waals surface area contributed by atoms with Gasteiger partial charge in [-0.25, -0.2) is 4.79 Å². The lowest BCUT2D eigenvalue weighted by Gasteiger charge is -2.08. The van der Waals surface area contributed by atoms with Gasteiger partial charge in [-0.05, 0) is 48.5 Å². The molecule has 2 aromatic carbocycles. The van der Waals surface area contributed by atoms with Gasteiger partial charge in [-0.1, -0.05) is 13.8 Å². The van der Waals surface area contributed by atoms with E-state index in [4.69, 9.17) is 10.00 Å². The highest BCUT2D eigenvalue weighted by atomic mass is 16.5. The summed E-state index contributed by atoms with van der Waals surface area (Å²) in [6.45, 7) is 3.18. The second-order valence-electron chi connectivity index (χ2n) is 5.91. The van der Waals surface area contributed by atoms with E-state index >= 15 is 0 Å². The Morgan fingerprint density at radius 3 is 2.12 bits per heavy atom. The van der Waals surface area contributed by atoms with Crippen molar-refractivity contribution >= 4 is 23.3 Å². The number of hydrogen-bond donors (Lipinski definition) is 1. The van der Waals surface area contributed by atoms with E-state index in [1.54, 1.807) is 38.1 Å². The van der Waals surface area contributed by atoms with Crippen molar-refractivity contribution in [2.75, 3.05) is 11.9 Å². The number of Topliss-reactive ketones (excluding diaryl/α,β-unsaturated/α-hetero) is 1. The van der Waals surface area contributed by atoms with Crippen LogP contribution in [0.4, 0.5) is 5.69 Å². The maximum atomic E-state index is 12.1. The molecule has 0 spiro atoms. The highest BCUT2D eigenvalue weighted by molar-refractivity contribution is 6.00. The van der Waals surface area contributed by atoms with Gasteiger partial charge in [0.05, 0.1) is 17.2 Å². The van der Waals surface area contributed by atoms with Crippen LogP contribution in [-0.4, -0.2) is 24.3 Å². The van der Waals surface area contributed by atoms with Gasteiger partial charge < -0.3 is 10.1 Å². The largest absolute Gasteiger partial charge is 0.454 e. The Morgan fingerprint density at radius 1 is 1.00 bits per heavy atom. The number of hydrogen-bond acceptors (Lipinski definition) is 5.